The Kier molecular flexibility index (Phi) is 3.89. The predicted molar refractivity (Wildman–Crippen MR) is 91.2 cm³/mol. The minimum atomic E-state index is 0.918. The van der Waals surface area contributed by atoms with E-state index in [2.05, 4.69) is 40.3 Å². The quantitative estimate of drug-likeness (QED) is 0.786. The van der Waals surface area contributed by atoms with E-state index in [1.807, 2.05) is 11.8 Å². The number of fused-ring (bicyclic) bond motifs is 2. The number of hydrogen-bond acceptors (Lipinski definition) is 3. The Hall–Kier alpha value is -0.670. The standard InChI is InChI=1S/C18H26N2S/c1-21-18-5-3-2-4-16(18)19-8-10-20(11-9-19)17-13-14-6-7-15(17)12-14/h2-5,14-15,17H,6-13H2,1H3/t14-,15-,17+/m0/s1. The molecule has 1 aromatic carbocycles. The molecule has 2 saturated carbocycles. The highest BCUT2D eigenvalue weighted by molar-refractivity contribution is 7.98. The van der Waals surface area contributed by atoms with Crippen LogP contribution in [0.1, 0.15) is 25.7 Å². The molecule has 0 spiro atoms. The van der Waals surface area contributed by atoms with Crippen molar-refractivity contribution in [3.63, 3.8) is 0 Å². The topological polar surface area (TPSA) is 6.48 Å². The number of nitrogens with zero attached hydrogens (tertiary/aromatic N) is 2. The fraction of sp³-hybridized carbons (Fsp3) is 0.667. The summed E-state index contributed by atoms with van der Waals surface area (Å²) in [5.74, 6) is 2.09. The van der Waals surface area contributed by atoms with E-state index in [-0.39, 0.29) is 0 Å². The van der Waals surface area contributed by atoms with Crippen LogP contribution in [0.25, 0.3) is 0 Å². The van der Waals surface area contributed by atoms with Crippen molar-refractivity contribution in [2.75, 3.05) is 37.3 Å². The number of anilines is 1. The number of para-hydroxylation sites is 1. The molecule has 3 heteroatoms. The SMILES string of the molecule is CSc1ccccc1N1CCN([C@@H]2C[C@H]3CC[C@H]2C3)CC1. The average molecular weight is 302 g/mol. The molecule has 0 radical (unpaired) electrons. The van der Waals surface area contributed by atoms with Gasteiger partial charge >= 0.3 is 0 Å². The van der Waals surface area contributed by atoms with Gasteiger partial charge in [-0.3, -0.25) is 4.90 Å². The largest absolute Gasteiger partial charge is 0.368 e. The molecule has 0 amide bonds. The van der Waals surface area contributed by atoms with Gasteiger partial charge in [-0.25, -0.2) is 0 Å². The molecule has 3 fully saturated rings. The summed E-state index contributed by atoms with van der Waals surface area (Å²) in [6.07, 6.45) is 8.23. The number of benzene rings is 1. The molecule has 3 atom stereocenters. The Morgan fingerprint density at radius 1 is 1.00 bits per heavy atom. The molecule has 2 aliphatic carbocycles. The fourth-order valence-electron chi connectivity index (χ4n) is 4.84. The molecule has 4 rings (SSSR count). The van der Waals surface area contributed by atoms with Crippen molar-refractivity contribution in [3.05, 3.63) is 24.3 Å². The van der Waals surface area contributed by atoms with Crippen molar-refractivity contribution in [1.29, 1.82) is 0 Å². The predicted octanol–water partition coefficient (Wildman–Crippen LogP) is 3.72. The summed E-state index contributed by atoms with van der Waals surface area (Å²) >= 11 is 1.87. The van der Waals surface area contributed by atoms with Crippen molar-refractivity contribution in [2.45, 2.75) is 36.6 Å². The second kappa shape index (κ2) is 5.85. The third kappa shape index (κ3) is 2.59. The van der Waals surface area contributed by atoms with Crippen LogP contribution in [0.4, 0.5) is 5.69 Å². The van der Waals surface area contributed by atoms with E-state index in [4.69, 9.17) is 0 Å². The Morgan fingerprint density at radius 3 is 2.48 bits per heavy atom. The second-order valence-electron chi connectivity index (χ2n) is 6.94. The van der Waals surface area contributed by atoms with Crippen molar-refractivity contribution >= 4 is 17.4 Å². The summed E-state index contributed by atoms with van der Waals surface area (Å²) in [6, 6.07) is 9.79. The first kappa shape index (κ1) is 14.0. The number of thioether (sulfide) groups is 1. The van der Waals surface area contributed by atoms with Gasteiger partial charge in [0.15, 0.2) is 0 Å². The van der Waals surface area contributed by atoms with E-state index in [9.17, 15) is 0 Å². The zero-order valence-electron chi connectivity index (χ0n) is 13.0. The van der Waals surface area contributed by atoms with Crippen LogP contribution in [-0.2, 0) is 0 Å². The molecule has 1 heterocycles. The minimum absolute atomic E-state index is 0.918. The molecule has 1 aromatic rings. The summed E-state index contributed by atoms with van der Waals surface area (Å²) in [6.45, 7) is 4.92. The molecule has 2 nitrogen and oxygen atoms in total. The van der Waals surface area contributed by atoms with Gasteiger partial charge in [0.1, 0.15) is 0 Å². The highest BCUT2D eigenvalue weighted by atomic mass is 32.2. The number of hydrogen-bond donors (Lipinski definition) is 0. The monoisotopic (exact) mass is 302 g/mol. The molecule has 1 aliphatic heterocycles. The van der Waals surface area contributed by atoms with Crippen LogP contribution in [-0.4, -0.2) is 43.4 Å². The zero-order chi connectivity index (χ0) is 14.2. The lowest BCUT2D eigenvalue weighted by atomic mass is 9.93. The van der Waals surface area contributed by atoms with Crippen molar-refractivity contribution < 1.29 is 0 Å². The molecular formula is C18H26N2S. The Morgan fingerprint density at radius 2 is 1.81 bits per heavy atom. The molecule has 0 unspecified atom stereocenters. The van der Waals surface area contributed by atoms with Gasteiger partial charge in [-0.15, -0.1) is 11.8 Å². The summed E-state index contributed by atoms with van der Waals surface area (Å²) in [5.41, 5.74) is 1.44. The van der Waals surface area contributed by atoms with Gasteiger partial charge in [0, 0.05) is 37.1 Å². The Balaban J connectivity index is 1.40. The lowest BCUT2D eigenvalue weighted by Crippen LogP contribution is -2.51. The summed E-state index contributed by atoms with van der Waals surface area (Å²) in [4.78, 5) is 6.82. The second-order valence-corrected chi connectivity index (χ2v) is 7.79. The van der Waals surface area contributed by atoms with E-state index < -0.39 is 0 Å². The number of rotatable bonds is 3. The minimum Gasteiger partial charge on any atom is -0.368 e. The maximum Gasteiger partial charge on any atom is 0.0505 e. The number of piperazine rings is 1. The van der Waals surface area contributed by atoms with Gasteiger partial charge in [0.05, 0.1) is 5.69 Å². The van der Waals surface area contributed by atoms with Crippen LogP contribution in [0, 0.1) is 11.8 Å². The molecule has 3 aliphatic rings. The van der Waals surface area contributed by atoms with Crippen LogP contribution < -0.4 is 4.90 Å². The summed E-state index contributed by atoms with van der Waals surface area (Å²) in [7, 11) is 0. The average Bonchev–Trinajstić information content (AvgIpc) is 3.18. The lowest BCUT2D eigenvalue weighted by molar-refractivity contribution is 0.135. The Labute approximate surface area is 132 Å². The van der Waals surface area contributed by atoms with Gasteiger partial charge in [0.2, 0.25) is 0 Å². The molecule has 21 heavy (non-hydrogen) atoms. The third-order valence-corrected chi connectivity index (χ3v) is 6.69. The first-order chi connectivity index (χ1) is 10.3. The van der Waals surface area contributed by atoms with E-state index in [0.29, 0.717) is 0 Å². The van der Waals surface area contributed by atoms with Gasteiger partial charge in [-0.1, -0.05) is 18.6 Å². The normalized spacial score (nSPS) is 32.8. The first-order valence-electron chi connectivity index (χ1n) is 8.47. The first-order valence-corrected chi connectivity index (χ1v) is 9.69. The third-order valence-electron chi connectivity index (χ3n) is 5.91. The van der Waals surface area contributed by atoms with E-state index in [1.165, 1.54) is 62.4 Å². The van der Waals surface area contributed by atoms with Crippen LogP contribution in [0.2, 0.25) is 0 Å². The Bertz CT molecular complexity index is 496. The summed E-state index contributed by atoms with van der Waals surface area (Å²) < 4.78 is 0. The highest BCUT2D eigenvalue weighted by Crippen LogP contribution is 2.46. The van der Waals surface area contributed by atoms with Crippen LogP contribution in [0.15, 0.2) is 29.2 Å². The molecule has 2 bridgehead atoms. The molecular weight excluding hydrogens is 276 g/mol. The van der Waals surface area contributed by atoms with Gasteiger partial charge in [-0.05, 0) is 49.5 Å². The summed E-state index contributed by atoms with van der Waals surface area (Å²) in [5, 5.41) is 0. The van der Waals surface area contributed by atoms with Crippen LogP contribution >= 0.6 is 11.8 Å². The van der Waals surface area contributed by atoms with Crippen molar-refractivity contribution in [2.24, 2.45) is 11.8 Å². The molecule has 114 valence electrons. The van der Waals surface area contributed by atoms with E-state index in [0.717, 1.165) is 17.9 Å². The molecule has 0 aromatic heterocycles. The van der Waals surface area contributed by atoms with Crippen LogP contribution in [0.3, 0.4) is 0 Å². The van der Waals surface area contributed by atoms with Gasteiger partial charge in [-0.2, -0.15) is 0 Å². The van der Waals surface area contributed by atoms with Crippen molar-refractivity contribution in [1.82, 2.24) is 4.90 Å². The van der Waals surface area contributed by atoms with E-state index in [1.54, 1.807) is 0 Å². The fourth-order valence-corrected chi connectivity index (χ4v) is 5.46. The van der Waals surface area contributed by atoms with Crippen LogP contribution in [0.5, 0.6) is 0 Å². The highest BCUT2D eigenvalue weighted by Gasteiger charge is 2.42. The zero-order valence-corrected chi connectivity index (χ0v) is 13.8. The molecule has 1 saturated heterocycles. The van der Waals surface area contributed by atoms with E-state index >= 15 is 0 Å². The van der Waals surface area contributed by atoms with Gasteiger partial charge < -0.3 is 4.90 Å². The van der Waals surface area contributed by atoms with Gasteiger partial charge in [0.25, 0.3) is 0 Å². The smallest absolute Gasteiger partial charge is 0.0505 e. The molecule has 0 N–H and O–H groups in total. The lowest BCUT2D eigenvalue weighted by Gasteiger charge is -2.42. The maximum atomic E-state index is 2.81. The van der Waals surface area contributed by atoms with Crippen molar-refractivity contribution in [3.8, 4) is 0 Å². The maximum absolute atomic E-state index is 2.81.